The summed E-state index contributed by atoms with van der Waals surface area (Å²) in [7, 11) is 0. The summed E-state index contributed by atoms with van der Waals surface area (Å²) in [6, 6.07) is 12.8. The van der Waals surface area contributed by atoms with Crippen LogP contribution in [0.4, 0.5) is 23.4 Å². The van der Waals surface area contributed by atoms with Gasteiger partial charge in [-0.15, -0.1) is 0 Å². The lowest BCUT2D eigenvalue weighted by molar-refractivity contribution is 0.102. The first kappa shape index (κ1) is 18.7. The number of rotatable bonds is 3. The van der Waals surface area contributed by atoms with Crippen molar-refractivity contribution in [1.29, 1.82) is 0 Å². The number of anilines is 1. The molecule has 1 amide bonds. The summed E-state index contributed by atoms with van der Waals surface area (Å²) < 4.78 is 55.9. The van der Waals surface area contributed by atoms with Crippen LogP contribution in [0.15, 0.2) is 54.7 Å². The van der Waals surface area contributed by atoms with Gasteiger partial charge in [0.2, 0.25) is 0 Å². The Labute approximate surface area is 162 Å². The Hall–Kier alpha value is -3.68. The molecule has 0 unspecified atom stereocenters. The standard InChI is InChI=1S/C21H13F4N3O/c1-11-6-5-9-28-19(11)26-18(12-7-3-2-4-8-12)20(28)27-21(29)13-10-14(22)16(24)17(25)15(13)23/h2-10H,1H3,(H,27,29). The van der Waals surface area contributed by atoms with Crippen LogP contribution < -0.4 is 5.32 Å². The van der Waals surface area contributed by atoms with E-state index in [1.807, 2.05) is 19.1 Å². The van der Waals surface area contributed by atoms with E-state index in [1.165, 1.54) is 0 Å². The number of hydrogen-bond acceptors (Lipinski definition) is 2. The highest BCUT2D eigenvalue weighted by Gasteiger charge is 2.25. The summed E-state index contributed by atoms with van der Waals surface area (Å²) in [4.78, 5) is 17.2. The van der Waals surface area contributed by atoms with Gasteiger partial charge >= 0.3 is 0 Å². The predicted molar refractivity (Wildman–Crippen MR) is 99.6 cm³/mol. The number of aryl methyl sites for hydroxylation is 1. The van der Waals surface area contributed by atoms with Crippen molar-refractivity contribution in [3.63, 3.8) is 0 Å². The fourth-order valence-electron chi connectivity index (χ4n) is 3.03. The van der Waals surface area contributed by atoms with Crippen molar-refractivity contribution in [1.82, 2.24) is 9.38 Å². The highest BCUT2D eigenvalue weighted by atomic mass is 19.2. The van der Waals surface area contributed by atoms with E-state index >= 15 is 0 Å². The molecule has 29 heavy (non-hydrogen) atoms. The molecule has 2 aromatic carbocycles. The number of fused-ring (bicyclic) bond motifs is 1. The SMILES string of the molecule is Cc1cccn2c(NC(=O)c3cc(F)c(F)c(F)c3F)c(-c3ccccc3)nc12. The van der Waals surface area contributed by atoms with Crippen molar-refractivity contribution in [2.45, 2.75) is 6.92 Å². The zero-order valence-corrected chi connectivity index (χ0v) is 15.0. The number of aromatic nitrogens is 2. The molecular weight excluding hydrogens is 386 g/mol. The molecule has 0 spiro atoms. The molecule has 0 fully saturated rings. The number of carbonyl (C=O) groups excluding carboxylic acids is 1. The zero-order valence-electron chi connectivity index (χ0n) is 15.0. The summed E-state index contributed by atoms with van der Waals surface area (Å²) in [5.74, 6) is -8.41. The zero-order chi connectivity index (χ0) is 20.7. The molecule has 2 aromatic heterocycles. The van der Waals surface area contributed by atoms with Gasteiger partial charge in [0.1, 0.15) is 17.2 Å². The lowest BCUT2D eigenvalue weighted by atomic mass is 10.1. The molecule has 0 radical (unpaired) electrons. The molecule has 4 nitrogen and oxygen atoms in total. The molecule has 8 heteroatoms. The van der Waals surface area contributed by atoms with Crippen LogP contribution in [0.1, 0.15) is 15.9 Å². The molecule has 146 valence electrons. The molecule has 0 bridgehead atoms. The average Bonchev–Trinajstić information content (AvgIpc) is 3.09. The normalized spacial score (nSPS) is 11.1. The van der Waals surface area contributed by atoms with Gasteiger partial charge in [-0.1, -0.05) is 36.4 Å². The summed E-state index contributed by atoms with van der Waals surface area (Å²) in [6.07, 6.45) is 1.64. The van der Waals surface area contributed by atoms with Crippen LogP contribution >= 0.6 is 0 Å². The van der Waals surface area contributed by atoms with Gasteiger partial charge in [0, 0.05) is 11.8 Å². The van der Waals surface area contributed by atoms with Crippen LogP contribution in [0.2, 0.25) is 0 Å². The predicted octanol–water partition coefficient (Wildman–Crippen LogP) is 5.12. The molecule has 4 aromatic rings. The quantitative estimate of drug-likeness (QED) is 0.295. The maximum absolute atomic E-state index is 14.1. The number of benzene rings is 2. The van der Waals surface area contributed by atoms with E-state index in [-0.39, 0.29) is 5.82 Å². The minimum absolute atomic E-state index is 0.185. The number of hydrogen-bond donors (Lipinski definition) is 1. The van der Waals surface area contributed by atoms with E-state index in [1.54, 1.807) is 40.9 Å². The van der Waals surface area contributed by atoms with E-state index in [9.17, 15) is 22.4 Å². The van der Waals surface area contributed by atoms with Crippen LogP contribution in [-0.4, -0.2) is 15.3 Å². The molecule has 0 aliphatic heterocycles. The third kappa shape index (κ3) is 3.12. The van der Waals surface area contributed by atoms with Gasteiger partial charge in [-0.05, 0) is 24.6 Å². The first-order valence-electron chi connectivity index (χ1n) is 8.56. The first-order chi connectivity index (χ1) is 13.9. The van der Waals surface area contributed by atoms with Gasteiger partial charge in [-0.25, -0.2) is 22.5 Å². The van der Waals surface area contributed by atoms with Crippen LogP contribution in [0.5, 0.6) is 0 Å². The molecule has 4 rings (SSSR count). The van der Waals surface area contributed by atoms with Crippen molar-refractivity contribution in [3.05, 3.63) is 89.1 Å². The minimum Gasteiger partial charge on any atom is -0.306 e. The Morgan fingerprint density at radius 2 is 1.69 bits per heavy atom. The van der Waals surface area contributed by atoms with Crippen LogP contribution in [-0.2, 0) is 0 Å². The molecule has 0 saturated carbocycles. The second-order valence-corrected chi connectivity index (χ2v) is 6.36. The maximum Gasteiger partial charge on any atom is 0.260 e. The first-order valence-corrected chi connectivity index (χ1v) is 8.56. The van der Waals surface area contributed by atoms with E-state index < -0.39 is 34.7 Å². The largest absolute Gasteiger partial charge is 0.306 e. The number of halogens is 4. The number of pyridine rings is 1. The van der Waals surface area contributed by atoms with Gasteiger partial charge in [-0.3, -0.25) is 9.20 Å². The molecular formula is C21H13F4N3O. The fraction of sp³-hybridized carbons (Fsp3) is 0.0476. The Bertz CT molecular complexity index is 1250. The average molecular weight is 399 g/mol. The summed E-state index contributed by atoms with van der Waals surface area (Å²) in [5.41, 5.74) is 1.45. The second kappa shape index (κ2) is 7.05. The summed E-state index contributed by atoms with van der Waals surface area (Å²) in [6.45, 7) is 1.83. The number of nitrogens with one attached hydrogen (secondary N) is 1. The van der Waals surface area contributed by atoms with Gasteiger partial charge in [0.15, 0.2) is 23.3 Å². The molecule has 0 aliphatic carbocycles. The van der Waals surface area contributed by atoms with Crippen LogP contribution in [0, 0.1) is 30.2 Å². The lowest BCUT2D eigenvalue weighted by Gasteiger charge is -2.10. The fourth-order valence-corrected chi connectivity index (χ4v) is 3.03. The second-order valence-electron chi connectivity index (χ2n) is 6.36. The minimum atomic E-state index is -2.05. The van der Waals surface area contributed by atoms with Gasteiger partial charge in [0.05, 0.1) is 5.56 Å². The molecule has 0 atom stereocenters. The van der Waals surface area contributed by atoms with E-state index in [0.29, 0.717) is 23.0 Å². The summed E-state index contributed by atoms with van der Waals surface area (Å²) >= 11 is 0. The molecule has 1 N–H and O–H groups in total. The van der Waals surface area contributed by atoms with Gasteiger partial charge in [0.25, 0.3) is 5.91 Å². The van der Waals surface area contributed by atoms with E-state index in [0.717, 1.165) is 5.56 Å². The topological polar surface area (TPSA) is 46.4 Å². The van der Waals surface area contributed by atoms with Crippen molar-refractivity contribution in [2.24, 2.45) is 0 Å². The number of carbonyl (C=O) groups is 1. The number of nitrogens with zero attached hydrogens (tertiary/aromatic N) is 2. The smallest absolute Gasteiger partial charge is 0.260 e. The Morgan fingerprint density at radius 1 is 0.966 bits per heavy atom. The van der Waals surface area contributed by atoms with Crippen molar-refractivity contribution >= 4 is 17.4 Å². The van der Waals surface area contributed by atoms with E-state index in [2.05, 4.69) is 10.3 Å². The third-order valence-corrected chi connectivity index (χ3v) is 4.47. The molecule has 0 aliphatic rings. The van der Waals surface area contributed by atoms with Gasteiger partial charge < -0.3 is 5.32 Å². The lowest BCUT2D eigenvalue weighted by Crippen LogP contribution is -2.17. The Kier molecular flexibility index (Phi) is 4.54. The number of amides is 1. The third-order valence-electron chi connectivity index (χ3n) is 4.47. The van der Waals surface area contributed by atoms with Crippen molar-refractivity contribution in [3.8, 4) is 11.3 Å². The molecule has 0 saturated heterocycles. The number of imidazole rings is 1. The van der Waals surface area contributed by atoms with E-state index in [4.69, 9.17) is 0 Å². The maximum atomic E-state index is 14.1. The monoisotopic (exact) mass is 399 g/mol. The van der Waals surface area contributed by atoms with Crippen LogP contribution in [0.3, 0.4) is 0 Å². The Balaban J connectivity index is 1.87. The Morgan fingerprint density at radius 3 is 2.41 bits per heavy atom. The van der Waals surface area contributed by atoms with Crippen molar-refractivity contribution < 1.29 is 22.4 Å². The van der Waals surface area contributed by atoms with Crippen LogP contribution in [0.25, 0.3) is 16.9 Å². The highest BCUT2D eigenvalue weighted by molar-refractivity contribution is 6.06. The van der Waals surface area contributed by atoms with Gasteiger partial charge in [-0.2, -0.15) is 0 Å². The highest BCUT2D eigenvalue weighted by Crippen LogP contribution is 2.30. The van der Waals surface area contributed by atoms with Crippen molar-refractivity contribution in [2.75, 3.05) is 5.32 Å². The molecule has 2 heterocycles. The summed E-state index contributed by atoms with van der Waals surface area (Å²) in [5, 5.41) is 2.46.